The van der Waals surface area contributed by atoms with Crippen molar-refractivity contribution in [2.45, 2.75) is 13.8 Å². The lowest BCUT2D eigenvalue weighted by atomic mass is 10.1. The van der Waals surface area contributed by atoms with Crippen LogP contribution in [0.3, 0.4) is 0 Å². The van der Waals surface area contributed by atoms with E-state index in [2.05, 4.69) is 19.1 Å². The van der Waals surface area contributed by atoms with Crippen LogP contribution in [-0.4, -0.2) is 6.29 Å². The summed E-state index contributed by atoms with van der Waals surface area (Å²) in [6.45, 7) is 3.84. The Kier molecular flexibility index (Phi) is 3.86. The molecule has 0 amide bonds. The molecule has 1 aromatic rings. The van der Waals surface area contributed by atoms with Gasteiger partial charge in [0.05, 0.1) is 0 Å². The standard InChI is InChI=1S/C13H14O/c1-11-5-3-7-13(9-11)8-4-6-12(2)10-14/h3-10H,1-2H3/b8-4+,12-6+. The fraction of sp³-hybridized carbons (Fsp3) is 0.154. The van der Waals surface area contributed by atoms with E-state index >= 15 is 0 Å². The molecular formula is C13H14O. The van der Waals surface area contributed by atoms with E-state index in [9.17, 15) is 4.79 Å². The SMILES string of the molecule is C/C(C=O)=C\C=C\c1cccc(C)c1. The van der Waals surface area contributed by atoms with Crippen LogP contribution < -0.4 is 0 Å². The minimum absolute atomic E-state index is 0.730. The number of rotatable bonds is 3. The number of aldehydes is 1. The Labute approximate surface area is 84.8 Å². The van der Waals surface area contributed by atoms with Gasteiger partial charge in [0.1, 0.15) is 6.29 Å². The molecule has 0 aromatic heterocycles. The van der Waals surface area contributed by atoms with Crippen LogP contribution in [0.2, 0.25) is 0 Å². The van der Waals surface area contributed by atoms with Gasteiger partial charge in [0.25, 0.3) is 0 Å². The normalized spacial score (nSPS) is 12.0. The molecule has 1 nitrogen and oxygen atoms in total. The number of carbonyl (C=O) groups is 1. The lowest BCUT2D eigenvalue weighted by Crippen LogP contribution is -1.75. The summed E-state index contributed by atoms with van der Waals surface area (Å²) in [6, 6.07) is 8.21. The molecule has 72 valence electrons. The van der Waals surface area contributed by atoms with E-state index in [4.69, 9.17) is 0 Å². The summed E-state index contributed by atoms with van der Waals surface area (Å²) >= 11 is 0. The fourth-order valence-electron chi connectivity index (χ4n) is 1.12. The van der Waals surface area contributed by atoms with Crippen molar-refractivity contribution >= 4 is 12.4 Å². The van der Waals surface area contributed by atoms with Gasteiger partial charge in [-0.3, -0.25) is 4.79 Å². The van der Waals surface area contributed by atoms with E-state index in [1.807, 2.05) is 24.3 Å². The van der Waals surface area contributed by atoms with Crippen LogP contribution in [0.15, 0.2) is 42.0 Å². The van der Waals surface area contributed by atoms with Gasteiger partial charge in [-0.1, -0.05) is 48.1 Å². The molecule has 0 aliphatic heterocycles. The highest BCUT2D eigenvalue weighted by Gasteiger charge is 1.86. The molecule has 0 atom stereocenters. The van der Waals surface area contributed by atoms with Gasteiger partial charge >= 0.3 is 0 Å². The number of hydrogen-bond donors (Lipinski definition) is 0. The lowest BCUT2D eigenvalue weighted by Gasteiger charge is -1.94. The molecule has 1 heteroatoms. The summed E-state index contributed by atoms with van der Waals surface area (Å²) in [6.07, 6.45) is 6.52. The van der Waals surface area contributed by atoms with Crippen molar-refractivity contribution < 1.29 is 4.79 Å². The predicted molar refractivity (Wildman–Crippen MR) is 60.0 cm³/mol. The number of allylic oxidation sites excluding steroid dienone is 3. The third-order valence-corrected chi connectivity index (χ3v) is 1.88. The summed E-state index contributed by atoms with van der Waals surface area (Å²) in [7, 11) is 0. The number of benzene rings is 1. The molecule has 0 aliphatic carbocycles. The summed E-state index contributed by atoms with van der Waals surface area (Å²) in [4.78, 5) is 10.3. The van der Waals surface area contributed by atoms with Crippen molar-refractivity contribution in [2.24, 2.45) is 0 Å². The molecule has 0 N–H and O–H groups in total. The maximum Gasteiger partial charge on any atom is 0.145 e. The van der Waals surface area contributed by atoms with E-state index in [1.165, 1.54) is 5.56 Å². The number of aryl methyl sites for hydroxylation is 1. The molecule has 0 saturated heterocycles. The highest BCUT2D eigenvalue weighted by atomic mass is 16.1. The first-order valence-corrected chi connectivity index (χ1v) is 4.59. The van der Waals surface area contributed by atoms with Gasteiger partial charge in [0.2, 0.25) is 0 Å². The Balaban J connectivity index is 2.74. The van der Waals surface area contributed by atoms with Crippen LogP contribution in [0.1, 0.15) is 18.1 Å². The Hall–Kier alpha value is -1.63. The maximum atomic E-state index is 10.3. The zero-order valence-electron chi connectivity index (χ0n) is 8.53. The number of hydrogen-bond acceptors (Lipinski definition) is 1. The Morgan fingerprint density at radius 3 is 2.79 bits per heavy atom. The molecule has 0 radical (unpaired) electrons. The molecular weight excluding hydrogens is 172 g/mol. The first kappa shape index (κ1) is 10.5. The summed E-state index contributed by atoms with van der Waals surface area (Å²) < 4.78 is 0. The van der Waals surface area contributed by atoms with Crippen molar-refractivity contribution in [3.63, 3.8) is 0 Å². The van der Waals surface area contributed by atoms with E-state index in [1.54, 1.807) is 13.0 Å². The highest BCUT2D eigenvalue weighted by Crippen LogP contribution is 2.05. The summed E-state index contributed by atoms with van der Waals surface area (Å²) in [5.74, 6) is 0. The second kappa shape index (κ2) is 5.18. The van der Waals surface area contributed by atoms with Crippen molar-refractivity contribution in [1.82, 2.24) is 0 Å². The second-order valence-electron chi connectivity index (χ2n) is 3.30. The van der Waals surface area contributed by atoms with Gasteiger partial charge in [-0.2, -0.15) is 0 Å². The Morgan fingerprint density at radius 1 is 1.36 bits per heavy atom. The van der Waals surface area contributed by atoms with Gasteiger partial charge in [-0.05, 0) is 25.0 Å². The Bertz CT molecular complexity index is 373. The van der Waals surface area contributed by atoms with E-state index in [0.717, 1.165) is 17.4 Å². The van der Waals surface area contributed by atoms with Gasteiger partial charge in [0.15, 0.2) is 0 Å². The second-order valence-corrected chi connectivity index (χ2v) is 3.30. The first-order chi connectivity index (χ1) is 6.72. The smallest absolute Gasteiger partial charge is 0.145 e. The molecule has 1 aromatic carbocycles. The summed E-state index contributed by atoms with van der Waals surface area (Å²) in [5, 5.41) is 0. The average Bonchev–Trinajstić information content (AvgIpc) is 2.17. The van der Waals surface area contributed by atoms with E-state index in [-0.39, 0.29) is 0 Å². The molecule has 0 unspecified atom stereocenters. The first-order valence-electron chi connectivity index (χ1n) is 4.59. The minimum atomic E-state index is 0.730. The number of carbonyl (C=O) groups excluding carboxylic acids is 1. The van der Waals surface area contributed by atoms with Crippen LogP contribution in [0, 0.1) is 6.92 Å². The predicted octanol–water partition coefficient (Wildman–Crippen LogP) is 3.15. The molecule has 14 heavy (non-hydrogen) atoms. The monoisotopic (exact) mass is 186 g/mol. The maximum absolute atomic E-state index is 10.3. The molecule has 0 bridgehead atoms. The minimum Gasteiger partial charge on any atom is -0.298 e. The van der Waals surface area contributed by atoms with Crippen LogP contribution in [0.25, 0.3) is 6.08 Å². The van der Waals surface area contributed by atoms with E-state index < -0.39 is 0 Å². The van der Waals surface area contributed by atoms with E-state index in [0.29, 0.717) is 0 Å². The van der Waals surface area contributed by atoms with Crippen molar-refractivity contribution in [3.05, 3.63) is 53.1 Å². The van der Waals surface area contributed by atoms with Gasteiger partial charge < -0.3 is 0 Å². The highest BCUT2D eigenvalue weighted by molar-refractivity contribution is 5.73. The Morgan fingerprint density at radius 2 is 2.14 bits per heavy atom. The zero-order valence-corrected chi connectivity index (χ0v) is 8.53. The zero-order chi connectivity index (χ0) is 10.4. The quantitative estimate of drug-likeness (QED) is 0.402. The van der Waals surface area contributed by atoms with Crippen molar-refractivity contribution in [1.29, 1.82) is 0 Å². The van der Waals surface area contributed by atoms with Crippen LogP contribution in [-0.2, 0) is 4.79 Å². The van der Waals surface area contributed by atoms with Gasteiger partial charge in [0, 0.05) is 0 Å². The molecule has 0 heterocycles. The molecule has 0 spiro atoms. The lowest BCUT2D eigenvalue weighted by molar-refractivity contribution is -0.104. The average molecular weight is 186 g/mol. The van der Waals surface area contributed by atoms with Crippen LogP contribution in [0.5, 0.6) is 0 Å². The van der Waals surface area contributed by atoms with Crippen molar-refractivity contribution in [3.8, 4) is 0 Å². The fourth-order valence-corrected chi connectivity index (χ4v) is 1.12. The topological polar surface area (TPSA) is 17.1 Å². The molecule has 0 saturated carbocycles. The van der Waals surface area contributed by atoms with Gasteiger partial charge in [-0.15, -0.1) is 0 Å². The van der Waals surface area contributed by atoms with Crippen LogP contribution >= 0.6 is 0 Å². The molecule has 0 fully saturated rings. The third kappa shape index (κ3) is 3.40. The largest absolute Gasteiger partial charge is 0.298 e. The molecule has 1 rings (SSSR count). The summed E-state index contributed by atoms with van der Waals surface area (Å²) in [5.41, 5.74) is 3.12. The van der Waals surface area contributed by atoms with Gasteiger partial charge in [-0.25, -0.2) is 0 Å². The third-order valence-electron chi connectivity index (χ3n) is 1.88. The van der Waals surface area contributed by atoms with Crippen molar-refractivity contribution in [2.75, 3.05) is 0 Å². The van der Waals surface area contributed by atoms with Crippen LogP contribution in [0.4, 0.5) is 0 Å². The molecule has 0 aliphatic rings.